The second kappa shape index (κ2) is 8.40. The summed E-state index contributed by atoms with van der Waals surface area (Å²) in [6.45, 7) is 5.35. The number of hydrogen-bond donors (Lipinski definition) is 2. The van der Waals surface area contributed by atoms with E-state index in [0.717, 1.165) is 45.7 Å². The van der Waals surface area contributed by atoms with Gasteiger partial charge in [-0.3, -0.25) is 19.3 Å². The molecule has 0 aromatic carbocycles. The van der Waals surface area contributed by atoms with Crippen LogP contribution >= 0.6 is 0 Å². The molecule has 9 heteroatoms. The van der Waals surface area contributed by atoms with Gasteiger partial charge in [-0.25, -0.2) is 4.98 Å². The van der Waals surface area contributed by atoms with Gasteiger partial charge in [0.15, 0.2) is 0 Å². The molecule has 1 saturated carbocycles. The van der Waals surface area contributed by atoms with Crippen molar-refractivity contribution in [3.05, 3.63) is 27.9 Å². The normalized spacial score (nSPS) is 23.2. The number of hydrogen-bond acceptors (Lipinski definition) is 6. The number of ether oxygens (including phenoxy) is 1. The number of morpholine rings is 1. The smallest absolute Gasteiger partial charge is 0.251 e. The summed E-state index contributed by atoms with van der Waals surface area (Å²) in [4.78, 5) is 47.8. The third kappa shape index (κ3) is 4.77. The lowest BCUT2D eigenvalue weighted by Gasteiger charge is -2.28. The Labute approximate surface area is 163 Å². The first-order valence-electron chi connectivity index (χ1n) is 10.0. The van der Waals surface area contributed by atoms with Crippen LogP contribution in [0.2, 0.25) is 0 Å². The summed E-state index contributed by atoms with van der Waals surface area (Å²) >= 11 is 0. The van der Waals surface area contributed by atoms with Gasteiger partial charge in [-0.05, 0) is 12.8 Å². The quantitative estimate of drug-likeness (QED) is 0.648. The molecular formula is C19H27N5O4. The van der Waals surface area contributed by atoms with Crippen molar-refractivity contribution < 1.29 is 14.3 Å². The van der Waals surface area contributed by atoms with Gasteiger partial charge in [0.05, 0.1) is 31.4 Å². The lowest BCUT2D eigenvalue weighted by Crippen LogP contribution is -2.42. The second-order valence-corrected chi connectivity index (χ2v) is 7.81. The molecule has 9 nitrogen and oxygen atoms in total. The second-order valence-electron chi connectivity index (χ2n) is 7.81. The zero-order valence-electron chi connectivity index (χ0n) is 16.0. The van der Waals surface area contributed by atoms with Crippen LogP contribution in [-0.2, 0) is 20.9 Å². The summed E-state index contributed by atoms with van der Waals surface area (Å²) in [6, 6.07) is 1.42. The van der Waals surface area contributed by atoms with Gasteiger partial charge < -0.3 is 19.9 Å². The van der Waals surface area contributed by atoms with E-state index in [1.165, 1.54) is 6.07 Å². The van der Waals surface area contributed by atoms with Crippen molar-refractivity contribution in [2.75, 3.05) is 45.9 Å². The van der Waals surface area contributed by atoms with E-state index in [0.29, 0.717) is 30.5 Å². The molecule has 0 radical (unpaired) electrons. The van der Waals surface area contributed by atoms with Crippen LogP contribution in [0.15, 0.2) is 10.9 Å². The predicted molar refractivity (Wildman–Crippen MR) is 101 cm³/mol. The third-order valence-corrected chi connectivity index (χ3v) is 5.60. The fourth-order valence-corrected chi connectivity index (χ4v) is 3.74. The lowest BCUT2D eigenvalue weighted by atomic mass is 10.1. The number of aromatic amines is 1. The topological polar surface area (TPSA) is 108 Å². The summed E-state index contributed by atoms with van der Waals surface area (Å²) < 4.78 is 5.33. The maximum atomic E-state index is 12.5. The molecule has 3 fully saturated rings. The molecule has 2 N–H and O–H groups in total. The first-order valence-corrected chi connectivity index (χ1v) is 10.0. The molecule has 3 heterocycles. The van der Waals surface area contributed by atoms with Gasteiger partial charge in [0.2, 0.25) is 11.8 Å². The molecule has 2 saturated heterocycles. The largest absolute Gasteiger partial charge is 0.379 e. The first kappa shape index (κ1) is 19.1. The zero-order chi connectivity index (χ0) is 19.5. The molecule has 152 valence electrons. The predicted octanol–water partition coefficient (Wildman–Crippen LogP) is -0.556. The van der Waals surface area contributed by atoms with Crippen LogP contribution in [-0.4, -0.2) is 77.5 Å². The molecule has 1 atom stereocenters. The highest BCUT2D eigenvalue weighted by molar-refractivity contribution is 5.89. The van der Waals surface area contributed by atoms with Crippen LogP contribution < -0.4 is 10.9 Å². The maximum Gasteiger partial charge on any atom is 0.251 e. The molecule has 1 aromatic heterocycles. The Balaban J connectivity index is 1.26. The SMILES string of the molecule is O=C(NCc1cc(=O)[nH]c(C2CC2)n1)C1CC(=O)N(CCN2CCOCC2)C1. The van der Waals surface area contributed by atoms with Crippen molar-refractivity contribution in [1.82, 2.24) is 25.1 Å². The van der Waals surface area contributed by atoms with Crippen LogP contribution in [0.25, 0.3) is 0 Å². The fourth-order valence-electron chi connectivity index (χ4n) is 3.74. The Bertz CT molecular complexity index is 785. The van der Waals surface area contributed by atoms with Gasteiger partial charge in [-0.15, -0.1) is 0 Å². The van der Waals surface area contributed by atoms with Gasteiger partial charge in [0, 0.05) is 51.1 Å². The number of H-pyrrole nitrogens is 1. The van der Waals surface area contributed by atoms with E-state index in [-0.39, 0.29) is 36.3 Å². The highest BCUT2D eigenvalue weighted by atomic mass is 16.5. The van der Waals surface area contributed by atoms with E-state index in [2.05, 4.69) is 20.2 Å². The lowest BCUT2D eigenvalue weighted by molar-refractivity contribution is -0.129. The van der Waals surface area contributed by atoms with Crippen molar-refractivity contribution in [2.24, 2.45) is 5.92 Å². The van der Waals surface area contributed by atoms with Gasteiger partial charge >= 0.3 is 0 Å². The Morgan fingerprint density at radius 3 is 2.79 bits per heavy atom. The monoisotopic (exact) mass is 389 g/mol. The minimum absolute atomic E-state index is 0.0266. The van der Waals surface area contributed by atoms with E-state index in [1.54, 1.807) is 4.90 Å². The molecule has 2 amide bonds. The molecular weight excluding hydrogens is 362 g/mol. The summed E-state index contributed by atoms with van der Waals surface area (Å²) in [7, 11) is 0. The number of nitrogens with one attached hydrogen (secondary N) is 2. The van der Waals surface area contributed by atoms with Crippen molar-refractivity contribution >= 4 is 11.8 Å². The fraction of sp³-hybridized carbons (Fsp3) is 0.684. The van der Waals surface area contributed by atoms with Crippen LogP contribution in [0, 0.1) is 5.92 Å². The average molecular weight is 389 g/mol. The molecule has 2 aliphatic heterocycles. The summed E-state index contributed by atoms with van der Waals surface area (Å²) in [6.07, 6.45) is 2.33. The molecule has 4 rings (SSSR count). The standard InChI is InChI=1S/C19H27N5O4/c25-16-10-15(21-18(22-16)13-1-2-13)11-20-19(27)14-9-17(26)24(12-14)4-3-23-5-7-28-8-6-23/h10,13-14H,1-9,11-12H2,(H,20,27)(H,21,22,25). The summed E-state index contributed by atoms with van der Waals surface area (Å²) in [5.41, 5.74) is 0.374. The van der Waals surface area contributed by atoms with Gasteiger partial charge in [0.25, 0.3) is 5.56 Å². The zero-order valence-corrected chi connectivity index (χ0v) is 16.0. The molecule has 0 spiro atoms. The number of rotatable bonds is 7. The number of carbonyl (C=O) groups is 2. The van der Waals surface area contributed by atoms with Crippen molar-refractivity contribution in [3.63, 3.8) is 0 Å². The van der Waals surface area contributed by atoms with Crippen LogP contribution in [0.4, 0.5) is 0 Å². The number of nitrogens with zero attached hydrogens (tertiary/aromatic N) is 3. The van der Waals surface area contributed by atoms with Crippen LogP contribution in [0.5, 0.6) is 0 Å². The van der Waals surface area contributed by atoms with E-state index in [4.69, 9.17) is 4.74 Å². The van der Waals surface area contributed by atoms with E-state index in [1.807, 2.05) is 0 Å². The Morgan fingerprint density at radius 2 is 2.04 bits per heavy atom. The molecule has 3 aliphatic rings. The molecule has 28 heavy (non-hydrogen) atoms. The molecule has 1 unspecified atom stereocenters. The van der Waals surface area contributed by atoms with Gasteiger partial charge in [0.1, 0.15) is 5.82 Å². The highest BCUT2D eigenvalue weighted by Crippen LogP contribution is 2.37. The number of amides is 2. The van der Waals surface area contributed by atoms with Gasteiger partial charge in [-0.1, -0.05) is 0 Å². The maximum absolute atomic E-state index is 12.5. The minimum atomic E-state index is -0.345. The summed E-state index contributed by atoms with van der Waals surface area (Å²) in [5, 5.41) is 2.84. The van der Waals surface area contributed by atoms with Crippen LogP contribution in [0.1, 0.15) is 36.7 Å². The Kier molecular flexibility index (Phi) is 5.72. The molecule has 1 aliphatic carbocycles. The molecule has 1 aromatic rings. The third-order valence-electron chi connectivity index (χ3n) is 5.60. The van der Waals surface area contributed by atoms with E-state index < -0.39 is 0 Å². The Hall–Kier alpha value is -2.26. The van der Waals surface area contributed by atoms with Crippen molar-refractivity contribution in [1.29, 1.82) is 0 Å². The average Bonchev–Trinajstić information content (AvgIpc) is 3.48. The number of likely N-dealkylation sites (tertiary alicyclic amines) is 1. The highest BCUT2D eigenvalue weighted by Gasteiger charge is 2.34. The number of carbonyl (C=O) groups excluding carboxylic acids is 2. The first-order chi connectivity index (χ1) is 13.6. The number of aromatic nitrogens is 2. The van der Waals surface area contributed by atoms with Crippen LogP contribution in [0.3, 0.4) is 0 Å². The summed E-state index contributed by atoms with van der Waals surface area (Å²) in [5.74, 6) is 0.580. The van der Waals surface area contributed by atoms with Crippen molar-refractivity contribution in [2.45, 2.75) is 31.7 Å². The van der Waals surface area contributed by atoms with E-state index >= 15 is 0 Å². The van der Waals surface area contributed by atoms with E-state index in [9.17, 15) is 14.4 Å². The molecule has 0 bridgehead atoms. The minimum Gasteiger partial charge on any atom is -0.379 e. The van der Waals surface area contributed by atoms with Gasteiger partial charge in [-0.2, -0.15) is 0 Å². The van der Waals surface area contributed by atoms with Crippen molar-refractivity contribution in [3.8, 4) is 0 Å². The Morgan fingerprint density at radius 1 is 1.25 bits per heavy atom.